The molecule has 0 fully saturated rings. The highest BCUT2D eigenvalue weighted by Gasteiger charge is 2.07. The second-order valence-electron chi connectivity index (χ2n) is 4.65. The number of aryl methyl sites for hydroxylation is 2. The number of hydrogen-bond acceptors (Lipinski definition) is 3. The van der Waals surface area contributed by atoms with Gasteiger partial charge in [-0.25, -0.2) is 0 Å². The Kier molecular flexibility index (Phi) is 3.46. The second kappa shape index (κ2) is 5.57. The lowest BCUT2D eigenvalue weighted by Gasteiger charge is -2.07. The Hall–Kier alpha value is -2.62. The van der Waals surface area contributed by atoms with E-state index in [0.717, 1.165) is 35.6 Å². The van der Waals surface area contributed by atoms with E-state index in [2.05, 4.69) is 16.3 Å². The van der Waals surface area contributed by atoms with E-state index in [1.165, 1.54) is 0 Å². The molecule has 20 heavy (non-hydrogen) atoms. The first kappa shape index (κ1) is 12.4. The summed E-state index contributed by atoms with van der Waals surface area (Å²) in [6.07, 6.45) is 3.42. The highest BCUT2D eigenvalue weighted by atomic mass is 15.3. The van der Waals surface area contributed by atoms with Gasteiger partial charge in [0.2, 0.25) is 0 Å². The van der Waals surface area contributed by atoms with Crippen molar-refractivity contribution < 1.29 is 0 Å². The third-order valence-electron chi connectivity index (χ3n) is 3.33. The molecule has 0 saturated heterocycles. The molecule has 2 N–H and O–H groups in total. The fourth-order valence-electron chi connectivity index (χ4n) is 2.24. The van der Waals surface area contributed by atoms with E-state index < -0.39 is 0 Å². The Labute approximate surface area is 117 Å². The van der Waals surface area contributed by atoms with Crippen LogP contribution in [0.1, 0.15) is 11.4 Å². The summed E-state index contributed by atoms with van der Waals surface area (Å²) in [7, 11) is 0. The number of hydrogen-bond donors (Lipinski definition) is 1. The summed E-state index contributed by atoms with van der Waals surface area (Å²) in [5, 5.41) is 8.22. The maximum atomic E-state index is 5.97. The monoisotopic (exact) mass is 264 g/mol. The van der Waals surface area contributed by atoms with Crippen LogP contribution < -0.4 is 5.73 Å². The van der Waals surface area contributed by atoms with Crippen molar-refractivity contribution in [3.63, 3.8) is 0 Å². The van der Waals surface area contributed by atoms with E-state index in [9.17, 15) is 0 Å². The average molecular weight is 264 g/mol. The molecule has 100 valence electrons. The summed E-state index contributed by atoms with van der Waals surface area (Å²) in [5.74, 6) is 0.944. The van der Waals surface area contributed by atoms with Crippen LogP contribution in [0.15, 0.2) is 60.9 Å². The van der Waals surface area contributed by atoms with Gasteiger partial charge in [0, 0.05) is 17.8 Å². The zero-order valence-electron chi connectivity index (χ0n) is 11.1. The molecule has 3 aromatic rings. The van der Waals surface area contributed by atoms with Crippen molar-refractivity contribution in [3.8, 4) is 5.69 Å². The molecule has 0 atom stereocenters. The number of nitrogen functional groups attached to an aromatic ring is 1. The Morgan fingerprint density at radius 1 is 0.900 bits per heavy atom. The fourth-order valence-corrected chi connectivity index (χ4v) is 2.24. The van der Waals surface area contributed by atoms with E-state index in [-0.39, 0.29) is 0 Å². The van der Waals surface area contributed by atoms with Gasteiger partial charge in [-0.05, 0) is 30.2 Å². The fraction of sp³-hybridized carbons (Fsp3) is 0.125. The summed E-state index contributed by atoms with van der Waals surface area (Å²) < 4.78 is 2.01. The largest absolute Gasteiger partial charge is 0.399 e. The molecule has 0 radical (unpaired) electrons. The van der Waals surface area contributed by atoms with Gasteiger partial charge in [-0.3, -0.25) is 4.57 Å². The Balaban J connectivity index is 1.80. The minimum absolute atomic E-state index is 0.809. The number of nitrogens with two attached hydrogens (primary N) is 1. The third kappa shape index (κ3) is 2.54. The lowest BCUT2D eigenvalue weighted by atomic mass is 10.1. The van der Waals surface area contributed by atoms with E-state index >= 15 is 0 Å². The summed E-state index contributed by atoms with van der Waals surface area (Å²) in [6, 6.07) is 18.0. The molecule has 0 saturated carbocycles. The SMILES string of the molecule is Nc1ccccc1CCc1nncn1-c1ccccc1. The molecule has 1 heterocycles. The number of aromatic nitrogens is 3. The van der Waals surface area contributed by atoms with E-state index in [0.29, 0.717) is 0 Å². The number of rotatable bonds is 4. The highest BCUT2D eigenvalue weighted by Crippen LogP contribution is 2.15. The highest BCUT2D eigenvalue weighted by molar-refractivity contribution is 5.46. The first-order valence-electron chi connectivity index (χ1n) is 6.62. The van der Waals surface area contributed by atoms with Crippen LogP contribution in [0.5, 0.6) is 0 Å². The first-order valence-corrected chi connectivity index (χ1v) is 6.62. The van der Waals surface area contributed by atoms with Gasteiger partial charge in [0.25, 0.3) is 0 Å². The summed E-state index contributed by atoms with van der Waals surface area (Å²) in [6.45, 7) is 0. The van der Waals surface area contributed by atoms with Crippen LogP contribution in [0.4, 0.5) is 5.69 Å². The number of anilines is 1. The molecule has 1 aromatic heterocycles. The number of nitrogens with zero attached hydrogens (tertiary/aromatic N) is 3. The Bertz CT molecular complexity index is 688. The third-order valence-corrected chi connectivity index (χ3v) is 3.33. The van der Waals surface area contributed by atoms with Gasteiger partial charge in [-0.1, -0.05) is 36.4 Å². The number of para-hydroxylation sites is 2. The number of benzene rings is 2. The molecular formula is C16H16N4. The van der Waals surface area contributed by atoms with Gasteiger partial charge >= 0.3 is 0 Å². The van der Waals surface area contributed by atoms with Crippen molar-refractivity contribution in [2.75, 3.05) is 5.73 Å². The second-order valence-corrected chi connectivity index (χ2v) is 4.65. The minimum atomic E-state index is 0.809. The summed E-state index contributed by atoms with van der Waals surface area (Å²) >= 11 is 0. The molecule has 0 bridgehead atoms. The molecular weight excluding hydrogens is 248 g/mol. The van der Waals surface area contributed by atoms with Gasteiger partial charge in [0.1, 0.15) is 12.2 Å². The normalized spacial score (nSPS) is 10.6. The van der Waals surface area contributed by atoms with Gasteiger partial charge < -0.3 is 5.73 Å². The van der Waals surface area contributed by atoms with Crippen LogP contribution in [-0.4, -0.2) is 14.8 Å². The zero-order valence-corrected chi connectivity index (χ0v) is 11.1. The molecule has 0 amide bonds. The molecule has 2 aromatic carbocycles. The quantitative estimate of drug-likeness (QED) is 0.737. The Morgan fingerprint density at radius 2 is 1.65 bits per heavy atom. The van der Waals surface area contributed by atoms with Gasteiger partial charge in [-0.2, -0.15) is 0 Å². The molecule has 0 aliphatic carbocycles. The van der Waals surface area contributed by atoms with Crippen LogP contribution in [-0.2, 0) is 12.8 Å². The minimum Gasteiger partial charge on any atom is -0.399 e. The van der Waals surface area contributed by atoms with Crippen molar-refractivity contribution in [2.24, 2.45) is 0 Å². The molecule has 3 rings (SSSR count). The van der Waals surface area contributed by atoms with Crippen LogP contribution in [0, 0.1) is 0 Å². The van der Waals surface area contributed by atoms with Gasteiger partial charge in [-0.15, -0.1) is 10.2 Å². The smallest absolute Gasteiger partial charge is 0.137 e. The van der Waals surface area contributed by atoms with E-state index in [1.807, 2.05) is 53.1 Å². The van der Waals surface area contributed by atoms with Crippen LogP contribution >= 0.6 is 0 Å². The molecule has 0 aliphatic heterocycles. The van der Waals surface area contributed by atoms with Crippen LogP contribution in [0.2, 0.25) is 0 Å². The van der Waals surface area contributed by atoms with E-state index in [1.54, 1.807) is 6.33 Å². The van der Waals surface area contributed by atoms with Gasteiger partial charge in [0.05, 0.1) is 0 Å². The summed E-state index contributed by atoms with van der Waals surface area (Å²) in [4.78, 5) is 0. The van der Waals surface area contributed by atoms with E-state index in [4.69, 9.17) is 5.73 Å². The zero-order chi connectivity index (χ0) is 13.8. The standard InChI is InChI=1S/C16H16N4/c17-15-9-5-4-6-13(15)10-11-16-19-18-12-20(16)14-7-2-1-3-8-14/h1-9,12H,10-11,17H2. The topological polar surface area (TPSA) is 56.7 Å². The van der Waals surface area contributed by atoms with Crippen molar-refractivity contribution >= 4 is 5.69 Å². The maximum Gasteiger partial charge on any atom is 0.137 e. The van der Waals surface area contributed by atoms with Crippen LogP contribution in [0.3, 0.4) is 0 Å². The molecule has 0 aliphatic rings. The van der Waals surface area contributed by atoms with Gasteiger partial charge in [0.15, 0.2) is 0 Å². The predicted molar refractivity (Wildman–Crippen MR) is 79.6 cm³/mol. The lowest BCUT2D eigenvalue weighted by Crippen LogP contribution is -2.03. The van der Waals surface area contributed by atoms with Crippen molar-refractivity contribution in [2.45, 2.75) is 12.8 Å². The molecule has 0 unspecified atom stereocenters. The molecule has 4 nitrogen and oxygen atoms in total. The lowest BCUT2D eigenvalue weighted by molar-refractivity contribution is 0.823. The molecule has 0 spiro atoms. The van der Waals surface area contributed by atoms with Crippen molar-refractivity contribution in [1.82, 2.24) is 14.8 Å². The predicted octanol–water partition coefficient (Wildman–Crippen LogP) is 2.63. The van der Waals surface area contributed by atoms with Crippen molar-refractivity contribution in [1.29, 1.82) is 0 Å². The maximum absolute atomic E-state index is 5.97. The summed E-state index contributed by atoms with van der Waals surface area (Å²) in [5.41, 5.74) is 9.02. The Morgan fingerprint density at radius 3 is 2.45 bits per heavy atom. The first-order chi connectivity index (χ1) is 9.84. The average Bonchev–Trinajstić information content (AvgIpc) is 2.96. The molecule has 4 heteroatoms. The van der Waals surface area contributed by atoms with Crippen molar-refractivity contribution in [3.05, 3.63) is 72.3 Å². The van der Waals surface area contributed by atoms with Crippen LogP contribution in [0.25, 0.3) is 5.69 Å².